The minimum absolute atomic E-state index is 0.102. The molecular formula is C19H21NO4S. The third-order valence-electron chi connectivity index (χ3n) is 3.58. The topological polar surface area (TPSA) is 75.6 Å². The highest BCUT2D eigenvalue weighted by molar-refractivity contribution is 7.99. The highest BCUT2D eigenvalue weighted by atomic mass is 32.2. The SMILES string of the molecule is CC(SCc1ccccc1)C(NC(=O)OCc1ccccc1)C(=O)O. The third kappa shape index (κ3) is 6.51. The zero-order chi connectivity index (χ0) is 18.1. The molecule has 0 aliphatic rings. The molecule has 1 amide bonds. The fourth-order valence-corrected chi connectivity index (χ4v) is 3.19. The second-order valence-corrected chi connectivity index (χ2v) is 6.89. The minimum atomic E-state index is -1.08. The number of ether oxygens (including phenoxy) is 1. The lowest BCUT2D eigenvalue weighted by Gasteiger charge is -2.21. The molecule has 0 saturated carbocycles. The van der Waals surface area contributed by atoms with Gasteiger partial charge in [0.15, 0.2) is 0 Å². The van der Waals surface area contributed by atoms with Gasteiger partial charge >= 0.3 is 12.1 Å². The maximum Gasteiger partial charge on any atom is 0.408 e. The first kappa shape index (κ1) is 18.9. The van der Waals surface area contributed by atoms with Gasteiger partial charge in [-0.05, 0) is 11.1 Å². The molecule has 2 N–H and O–H groups in total. The van der Waals surface area contributed by atoms with Gasteiger partial charge in [-0.3, -0.25) is 0 Å². The highest BCUT2D eigenvalue weighted by Crippen LogP contribution is 2.20. The van der Waals surface area contributed by atoms with Crippen LogP contribution in [0.1, 0.15) is 18.1 Å². The molecule has 2 atom stereocenters. The van der Waals surface area contributed by atoms with Crippen molar-refractivity contribution in [3.63, 3.8) is 0 Å². The van der Waals surface area contributed by atoms with Crippen LogP contribution < -0.4 is 5.32 Å². The molecule has 0 bridgehead atoms. The Balaban J connectivity index is 1.84. The van der Waals surface area contributed by atoms with Crippen molar-refractivity contribution >= 4 is 23.8 Å². The largest absolute Gasteiger partial charge is 0.480 e. The quantitative estimate of drug-likeness (QED) is 0.752. The molecule has 0 fully saturated rings. The molecule has 0 spiro atoms. The van der Waals surface area contributed by atoms with Crippen LogP contribution in [0, 0.1) is 0 Å². The number of amides is 1. The number of carbonyl (C=O) groups is 2. The first-order valence-corrected chi connectivity index (χ1v) is 8.96. The summed E-state index contributed by atoms with van der Waals surface area (Å²) in [7, 11) is 0. The number of carbonyl (C=O) groups excluding carboxylic acids is 1. The second-order valence-electron chi connectivity index (χ2n) is 5.52. The maximum absolute atomic E-state index is 11.9. The summed E-state index contributed by atoms with van der Waals surface area (Å²) in [5, 5.41) is 11.5. The van der Waals surface area contributed by atoms with E-state index in [0.717, 1.165) is 11.1 Å². The summed E-state index contributed by atoms with van der Waals surface area (Å²) in [5.41, 5.74) is 1.95. The van der Waals surface area contributed by atoms with Gasteiger partial charge < -0.3 is 15.2 Å². The summed E-state index contributed by atoms with van der Waals surface area (Å²) >= 11 is 1.47. The van der Waals surface area contributed by atoms with Crippen molar-refractivity contribution in [2.75, 3.05) is 0 Å². The number of hydrogen-bond donors (Lipinski definition) is 2. The third-order valence-corrected chi connectivity index (χ3v) is 4.88. The van der Waals surface area contributed by atoms with E-state index < -0.39 is 18.1 Å². The molecule has 2 aromatic carbocycles. The predicted octanol–water partition coefficient (Wildman–Crippen LogP) is 3.69. The van der Waals surface area contributed by atoms with E-state index in [-0.39, 0.29) is 11.9 Å². The van der Waals surface area contributed by atoms with Crippen LogP contribution >= 0.6 is 11.8 Å². The Morgan fingerprint density at radius 1 is 1.04 bits per heavy atom. The Kier molecular flexibility index (Phi) is 7.35. The molecule has 5 nitrogen and oxygen atoms in total. The van der Waals surface area contributed by atoms with Crippen LogP contribution in [0.15, 0.2) is 60.7 Å². The fourth-order valence-electron chi connectivity index (χ4n) is 2.17. The molecule has 132 valence electrons. The molecule has 25 heavy (non-hydrogen) atoms. The smallest absolute Gasteiger partial charge is 0.408 e. The Labute approximate surface area is 151 Å². The number of nitrogens with one attached hydrogen (secondary N) is 1. The number of carboxylic acid groups (broad SMARTS) is 1. The number of hydrogen-bond acceptors (Lipinski definition) is 4. The summed E-state index contributed by atoms with van der Waals surface area (Å²) in [6, 6.07) is 18.0. The molecule has 0 saturated heterocycles. The Morgan fingerprint density at radius 3 is 2.16 bits per heavy atom. The van der Waals surface area contributed by atoms with Gasteiger partial charge in [0.25, 0.3) is 0 Å². The van der Waals surface area contributed by atoms with E-state index in [1.54, 1.807) is 6.92 Å². The zero-order valence-electron chi connectivity index (χ0n) is 13.9. The Hall–Kier alpha value is -2.47. The highest BCUT2D eigenvalue weighted by Gasteiger charge is 2.27. The number of aliphatic carboxylic acids is 1. The molecule has 2 unspecified atom stereocenters. The van der Waals surface area contributed by atoms with Crippen LogP contribution in [0.5, 0.6) is 0 Å². The first-order chi connectivity index (χ1) is 12.1. The standard InChI is InChI=1S/C19H21NO4S/c1-14(25-13-16-10-6-3-7-11-16)17(18(21)22)20-19(23)24-12-15-8-4-2-5-9-15/h2-11,14,17H,12-13H2,1H3,(H,20,23)(H,21,22). The normalized spacial score (nSPS) is 12.8. The van der Waals surface area contributed by atoms with E-state index in [4.69, 9.17) is 4.74 Å². The van der Waals surface area contributed by atoms with Gasteiger partial charge in [-0.2, -0.15) is 11.8 Å². The van der Waals surface area contributed by atoms with E-state index >= 15 is 0 Å². The molecule has 0 aromatic heterocycles. The molecule has 0 aliphatic heterocycles. The van der Waals surface area contributed by atoms with E-state index in [2.05, 4.69) is 5.32 Å². The van der Waals surface area contributed by atoms with E-state index in [1.807, 2.05) is 60.7 Å². The fraction of sp³-hybridized carbons (Fsp3) is 0.263. The zero-order valence-corrected chi connectivity index (χ0v) is 14.7. The predicted molar refractivity (Wildman–Crippen MR) is 98.4 cm³/mol. The molecule has 2 aromatic rings. The van der Waals surface area contributed by atoms with E-state index in [9.17, 15) is 14.7 Å². The molecule has 6 heteroatoms. The van der Waals surface area contributed by atoms with Crippen molar-refractivity contribution in [2.45, 2.75) is 30.6 Å². The number of carboxylic acids is 1. The van der Waals surface area contributed by atoms with Crippen molar-refractivity contribution in [1.82, 2.24) is 5.32 Å². The van der Waals surface area contributed by atoms with Crippen molar-refractivity contribution < 1.29 is 19.4 Å². The van der Waals surface area contributed by atoms with Crippen LogP contribution in [0.4, 0.5) is 4.79 Å². The molecular weight excluding hydrogens is 338 g/mol. The summed E-state index contributed by atoms with van der Waals surface area (Å²) in [6.07, 6.45) is -0.733. The number of thioether (sulfide) groups is 1. The second kappa shape index (κ2) is 9.74. The average molecular weight is 359 g/mol. The monoisotopic (exact) mass is 359 g/mol. The Bertz CT molecular complexity index is 678. The molecule has 2 rings (SSSR count). The van der Waals surface area contributed by atoms with Crippen LogP contribution in [0.3, 0.4) is 0 Å². The van der Waals surface area contributed by atoms with Crippen LogP contribution in [-0.2, 0) is 21.9 Å². The number of rotatable bonds is 8. The van der Waals surface area contributed by atoms with Gasteiger partial charge in [0, 0.05) is 11.0 Å². The molecule has 0 aliphatic carbocycles. The lowest BCUT2D eigenvalue weighted by atomic mass is 10.2. The number of benzene rings is 2. The average Bonchev–Trinajstić information content (AvgIpc) is 2.64. The molecule has 0 heterocycles. The van der Waals surface area contributed by atoms with Crippen molar-refractivity contribution in [2.24, 2.45) is 0 Å². The lowest BCUT2D eigenvalue weighted by molar-refractivity contribution is -0.139. The van der Waals surface area contributed by atoms with Gasteiger partial charge in [-0.1, -0.05) is 67.6 Å². The lowest BCUT2D eigenvalue weighted by Crippen LogP contribution is -2.46. The van der Waals surface area contributed by atoms with Gasteiger partial charge in [0.1, 0.15) is 12.6 Å². The van der Waals surface area contributed by atoms with Gasteiger partial charge in [0.05, 0.1) is 0 Å². The van der Waals surface area contributed by atoms with Crippen LogP contribution in [0.25, 0.3) is 0 Å². The summed E-state index contributed by atoms with van der Waals surface area (Å²) in [4.78, 5) is 23.4. The van der Waals surface area contributed by atoms with E-state index in [0.29, 0.717) is 5.75 Å². The van der Waals surface area contributed by atoms with E-state index in [1.165, 1.54) is 11.8 Å². The van der Waals surface area contributed by atoms with Gasteiger partial charge in [-0.25, -0.2) is 9.59 Å². The summed E-state index contributed by atoms with van der Waals surface area (Å²) in [5.74, 6) is -0.406. The Morgan fingerprint density at radius 2 is 1.60 bits per heavy atom. The summed E-state index contributed by atoms with van der Waals surface area (Å²) < 4.78 is 5.10. The van der Waals surface area contributed by atoms with Crippen LogP contribution in [0.2, 0.25) is 0 Å². The first-order valence-electron chi connectivity index (χ1n) is 7.92. The van der Waals surface area contributed by atoms with Gasteiger partial charge in [0.2, 0.25) is 0 Å². The van der Waals surface area contributed by atoms with Gasteiger partial charge in [-0.15, -0.1) is 0 Å². The van der Waals surface area contributed by atoms with Crippen molar-refractivity contribution in [3.8, 4) is 0 Å². The van der Waals surface area contributed by atoms with Crippen molar-refractivity contribution in [1.29, 1.82) is 0 Å². The minimum Gasteiger partial charge on any atom is -0.480 e. The number of alkyl carbamates (subject to hydrolysis) is 1. The maximum atomic E-state index is 11.9. The van der Waals surface area contributed by atoms with Crippen LogP contribution in [-0.4, -0.2) is 28.5 Å². The molecule has 0 radical (unpaired) electrons. The van der Waals surface area contributed by atoms with Crippen molar-refractivity contribution in [3.05, 3.63) is 71.8 Å². The summed E-state index contributed by atoms with van der Waals surface area (Å²) in [6.45, 7) is 1.88.